The summed E-state index contributed by atoms with van der Waals surface area (Å²) < 4.78 is 57.1. The van der Waals surface area contributed by atoms with Gasteiger partial charge in [-0.25, -0.2) is 0 Å². The number of rotatable bonds is 4. The molecule has 0 spiro atoms. The molecule has 150 valence electrons. The highest BCUT2D eigenvalue weighted by Gasteiger charge is 2.39. The molecule has 2 aliphatic rings. The molecule has 1 aromatic carbocycles. The van der Waals surface area contributed by atoms with Gasteiger partial charge in [-0.05, 0) is 12.1 Å². The Hall–Kier alpha value is -2.75. The predicted molar refractivity (Wildman–Crippen MR) is 90.0 cm³/mol. The number of aromatic nitrogens is 2. The SMILES string of the molecule is O=C(NCCn1nc(C(F)(F)F)c2c1CCOC2)C1COc2ccccc2O1. The maximum absolute atomic E-state index is 13.2. The van der Waals surface area contributed by atoms with Gasteiger partial charge in [0.25, 0.3) is 5.91 Å². The number of fused-ring (bicyclic) bond motifs is 2. The van der Waals surface area contributed by atoms with E-state index in [2.05, 4.69) is 10.4 Å². The van der Waals surface area contributed by atoms with E-state index >= 15 is 0 Å². The summed E-state index contributed by atoms with van der Waals surface area (Å²) in [5.41, 5.74) is -0.348. The fourth-order valence-corrected chi connectivity index (χ4v) is 3.27. The molecule has 0 fully saturated rings. The summed E-state index contributed by atoms with van der Waals surface area (Å²) in [5.74, 6) is 0.649. The zero-order chi connectivity index (χ0) is 19.7. The van der Waals surface area contributed by atoms with Crippen molar-refractivity contribution >= 4 is 5.91 Å². The van der Waals surface area contributed by atoms with Crippen LogP contribution in [0.15, 0.2) is 24.3 Å². The zero-order valence-corrected chi connectivity index (χ0v) is 14.8. The van der Waals surface area contributed by atoms with E-state index in [1.165, 1.54) is 4.68 Å². The van der Waals surface area contributed by atoms with E-state index in [1.54, 1.807) is 24.3 Å². The van der Waals surface area contributed by atoms with Crippen LogP contribution in [0.5, 0.6) is 11.5 Å². The number of ether oxygens (including phenoxy) is 3. The summed E-state index contributed by atoms with van der Waals surface area (Å²) in [7, 11) is 0. The zero-order valence-electron chi connectivity index (χ0n) is 14.8. The van der Waals surface area contributed by atoms with Gasteiger partial charge in [-0.15, -0.1) is 0 Å². The summed E-state index contributed by atoms with van der Waals surface area (Å²) in [4.78, 5) is 12.3. The van der Waals surface area contributed by atoms with Gasteiger partial charge < -0.3 is 19.5 Å². The molecule has 10 heteroatoms. The summed E-state index contributed by atoms with van der Waals surface area (Å²) in [6.45, 7) is 0.536. The van der Waals surface area contributed by atoms with Crippen molar-refractivity contribution in [1.29, 1.82) is 0 Å². The van der Waals surface area contributed by atoms with Crippen molar-refractivity contribution in [2.24, 2.45) is 0 Å². The molecule has 2 aromatic rings. The number of benzene rings is 1. The Balaban J connectivity index is 1.38. The Bertz CT molecular complexity index is 881. The highest BCUT2D eigenvalue weighted by Crippen LogP contribution is 2.34. The van der Waals surface area contributed by atoms with Crippen LogP contribution in [0.1, 0.15) is 17.0 Å². The largest absolute Gasteiger partial charge is 0.485 e. The van der Waals surface area contributed by atoms with Crippen LogP contribution in [0, 0.1) is 0 Å². The minimum Gasteiger partial charge on any atom is -0.485 e. The first-order valence-electron chi connectivity index (χ1n) is 8.83. The summed E-state index contributed by atoms with van der Waals surface area (Å²) in [5, 5.41) is 6.38. The lowest BCUT2D eigenvalue weighted by atomic mass is 10.1. The predicted octanol–water partition coefficient (Wildman–Crippen LogP) is 1.93. The van der Waals surface area contributed by atoms with Crippen molar-refractivity contribution in [1.82, 2.24) is 15.1 Å². The average molecular weight is 397 g/mol. The van der Waals surface area contributed by atoms with Gasteiger partial charge in [0.15, 0.2) is 17.2 Å². The minimum atomic E-state index is -4.54. The van der Waals surface area contributed by atoms with E-state index < -0.39 is 23.9 Å². The molecule has 0 bridgehead atoms. The Morgan fingerprint density at radius 3 is 2.86 bits per heavy atom. The third-order valence-electron chi connectivity index (χ3n) is 4.59. The number of hydrogen-bond donors (Lipinski definition) is 1. The maximum atomic E-state index is 13.2. The second kappa shape index (κ2) is 7.34. The van der Waals surface area contributed by atoms with Gasteiger partial charge in [-0.1, -0.05) is 12.1 Å². The van der Waals surface area contributed by atoms with Gasteiger partial charge in [0.05, 0.1) is 19.8 Å². The van der Waals surface area contributed by atoms with Crippen molar-refractivity contribution in [3.8, 4) is 11.5 Å². The molecule has 4 rings (SSSR count). The molecule has 1 N–H and O–H groups in total. The lowest BCUT2D eigenvalue weighted by Crippen LogP contribution is -2.44. The lowest BCUT2D eigenvalue weighted by molar-refractivity contribution is -0.143. The fourth-order valence-electron chi connectivity index (χ4n) is 3.27. The van der Waals surface area contributed by atoms with Crippen LogP contribution in [0.25, 0.3) is 0 Å². The van der Waals surface area contributed by atoms with Crippen molar-refractivity contribution in [2.45, 2.75) is 31.9 Å². The second-order valence-electron chi connectivity index (χ2n) is 6.45. The van der Waals surface area contributed by atoms with Crippen LogP contribution in [0.4, 0.5) is 13.2 Å². The molecule has 2 aliphatic heterocycles. The average Bonchev–Trinajstić information content (AvgIpc) is 3.07. The third-order valence-corrected chi connectivity index (χ3v) is 4.59. The molecule has 3 heterocycles. The topological polar surface area (TPSA) is 74.6 Å². The van der Waals surface area contributed by atoms with E-state index in [0.717, 1.165) is 0 Å². The molecule has 1 aromatic heterocycles. The van der Waals surface area contributed by atoms with Crippen LogP contribution >= 0.6 is 0 Å². The van der Waals surface area contributed by atoms with Crippen LogP contribution in [0.3, 0.4) is 0 Å². The van der Waals surface area contributed by atoms with Crippen LogP contribution in [-0.4, -0.2) is 41.6 Å². The van der Waals surface area contributed by atoms with Crippen LogP contribution in [-0.2, 0) is 35.3 Å². The number of carbonyl (C=O) groups is 1. The number of para-hydroxylation sites is 2. The smallest absolute Gasteiger partial charge is 0.435 e. The first-order chi connectivity index (χ1) is 13.4. The van der Waals surface area contributed by atoms with Crippen molar-refractivity contribution in [3.63, 3.8) is 0 Å². The quantitative estimate of drug-likeness (QED) is 0.854. The first-order valence-corrected chi connectivity index (χ1v) is 8.83. The van der Waals surface area contributed by atoms with Crippen LogP contribution in [0.2, 0.25) is 0 Å². The Morgan fingerprint density at radius 2 is 2.07 bits per heavy atom. The Kier molecular flexibility index (Phi) is 4.88. The van der Waals surface area contributed by atoms with E-state index in [1.807, 2.05) is 0 Å². The van der Waals surface area contributed by atoms with E-state index in [4.69, 9.17) is 14.2 Å². The lowest BCUT2D eigenvalue weighted by Gasteiger charge is -2.25. The fraction of sp³-hybridized carbons (Fsp3) is 0.444. The molecule has 1 amide bonds. The molecule has 1 atom stereocenters. The van der Waals surface area contributed by atoms with Crippen molar-refractivity contribution < 1.29 is 32.2 Å². The van der Waals surface area contributed by atoms with Gasteiger partial charge in [-0.2, -0.15) is 18.3 Å². The number of carbonyl (C=O) groups excluding carboxylic acids is 1. The van der Waals surface area contributed by atoms with Gasteiger partial charge in [0, 0.05) is 24.2 Å². The number of alkyl halides is 3. The monoisotopic (exact) mass is 397 g/mol. The normalized spacial score (nSPS) is 18.5. The molecule has 0 saturated carbocycles. The molecule has 0 saturated heterocycles. The number of amides is 1. The van der Waals surface area contributed by atoms with Gasteiger partial charge >= 0.3 is 6.18 Å². The summed E-state index contributed by atoms with van der Waals surface area (Å²) >= 11 is 0. The number of nitrogens with zero attached hydrogens (tertiary/aromatic N) is 2. The second-order valence-corrected chi connectivity index (χ2v) is 6.45. The van der Waals surface area contributed by atoms with Gasteiger partial charge in [-0.3, -0.25) is 9.48 Å². The van der Waals surface area contributed by atoms with Gasteiger partial charge in [0.2, 0.25) is 6.10 Å². The summed E-state index contributed by atoms with van der Waals surface area (Å²) in [6.07, 6.45) is -5.01. The van der Waals surface area contributed by atoms with E-state index in [0.29, 0.717) is 30.2 Å². The molecule has 1 unspecified atom stereocenters. The van der Waals surface area contributed by atoms with E-state index in [9.17, 15) is 18.0 Å². The van der Waals surface area contributed by atoms with E-state index in [-0.39, 0.29) is 31.9 Å². The Labute approximate surface area is 158 Å². The number of hydrogen-bond acceptors (Lipinski definition) is 5. The van der Waals surface area contributed by atoms with Crippen LogP contribution < -0.4 is 14.8 Å². The van der Waals surface area contributed by atoms with Crippen molar-refractivity contribution in [3.05, 3.63) is 41.2 Å². The molecule has 0 aliphatic carbocycles. The molecular weight excluding hydrogens is 379 g/mol. The Morgan fingerprint density at radius 1 is 1.29 bits per heavy atom. The standard InChI is InChI=1S/C18H18F3N3O4/c19-18(20,21)16-11-9-26-8-5-12(11)24(23-16)7-6-22-17(25)15-10-27-13-3-1-2-4-14(13)28-15/h1-4,15H,5-10H2,(H,22,25). The highest BCUT2D eigenvalue weighted by molar-refractivity contribution is 5.81. The highest BCUT2D eigenvalue weighted by atomic mass is 19.4. The maximum Gasteiger partial charge on any atom is 0.435 e. The molecule has 0 radical (unpaired) electrons. The third kappa shape index (κ3) is 3.64. The van der Waals surface area contributed by atoms with Crippen molar-refractivity contribution in [2.75, 3.05) is 19.8 Å². The number of nitrogens with one attached hydrogen (secondary N) is 1. The number of halogens is 3. The molecular formula is C18H18F3N3O4. The molecule has 7 nitrogen and oxygen atoms in total. The van der Waals surface area contributed by atoms with Gasteiger partial charge in [0.1, 0.15) is 6.61 Å². The molecule has 28 heavy (non-hydrogen) atoms. The minimum absolute atomic E-state index is 0.0651. The first kappa shape index (κ1) is 18.6. The summed E-state index contributed by atoms with van der Waals surface area (Å²) in [6, 6.07) is 7.01.